The molecule has 2 aromatic heterocycles. The van der Waals surface area contributed by atoms with Crippen LogP contribution in [-0.2, 0) is 9.84 Å². The largest absolute Gasteiger partial charge is 0.457 e. The van der Waals surface area contributed by atoms with Gasteiger partial charge in [0.2, 0.25) is 0 Å². The lowest BCUT2D eigenvalue weighted by Gasteiger charge is -2.07. The molecule has 0 atom stereocenters. The molecule has 0 saturated heterocycles. The summed E-state index contributed by atoms with van der Waals surface area (Å²) in [4.78, 5) is 21.4. The van der Waals surface area contributed by atoms with E-state index in [1.54, 1.807) is 6.07 Å². The summed E-state index contributed by atoms with van der Waals surface area (Å²) in [7, 11) is -3.41. The SMILES string of the molecule is CS(=O)(=O)c1cccc(C(=O)Nc2nc(-c3ccc(Oc4ccc(-c5csc(N)n5)cc4)cc3)cs2)c1. The van der Waals surface area contributed by atoms with E-state index >= 15 is 0 Å². The van der Waals surface area contributed by atoms with Crippen LogP contribution in [0.15, 0.2) is 88.5 Å². The van der Waals surface area contributed by atoms with Crippen molar-refractivity contribution >= 4 is 48.7 Å². The van der Waals surface area contributed by atoms with Crippen LogP contribution in [-0.4, -0.2) is 30.5 Å². The Balaban J connectivity index is 1.23. The lowest BCUT2D eigenvalue weighted by Crippen LogP contribution is -2.12. The Kier molecular flexibility index (Phi) is 6.74. The Hall–Kier alpha value is -4.06. The first-order valence-corrected chi connectivity index (χ1v) is 14.6. The van der Waals surface area contributed by atoms with Crippen LogP contribution in [0.3, 0.4) is 0 Å². The van der Waals surface area contributed by atoms with E-state index < -0.39 is 15.7 Å². The first-order valence-electron chi connectivity index (χ1n) is 10.9. The second-order valence-electron chi connectivity index (χ2n) is 8.01. The van der Waals surface area contributed by atoms with Gasteiger partial charge in [0, 0.05) is 33.7 Å². The number of rotatable bonds is 7. The van der Waals surface area contributed by atoms with E-state index in [9.17, 15) is 13.2 Å². The summed E-state index contributed by atoms with van der Waals surface area (Å²) >= 11 is 2.68. The topological polar surface area (TPSA) is 124 Å². The van der Waals surface area contributed by atoms with E-state index in [4.69, 9.17) is 10.5 Å². The zero-order valence-electron chi connectivity index (χ0n) is 19.4. The third-order valence-electron chi connectivity index (χ3n) is 5.31. The first-order chi connectivity index (χ1) is 17.7. The van der Waals surface area contributed by atoms with Crippen molar-refractivity contribution < 1.29 is 17.9 Å². The number of sulfone groups is 1. The second-order valence-corrected chi connectivity index (χ2v) is 11.8. The quantitative estimate of drug-likeness (QED) is 0.257. The summed E-state index contributed by atoms with van der Waals surface area (Å²) < 4.78 is 29.5. The van der Waals surface area contributed by atoms with Gasteiger partial charge >= 0.3 is 0 Å². The average molecular weight is 549 g/mol. The molecule has 1 amide bonds. The number of thiazole rings is 2. The van der Waals surface area contributed by atoms with Crippen LogP contribution in [0.2, 0.25) is 0 Å². The summed E-state index contributed by atoms with van der Waals surface area (Å²) in [5, 5.41) is 7.42. The molecule has 0 radical (unpaired) electrons. The number of anilines is 2. The standard InChI is InChI=1S/C26H20N4O4S3/c1-37(32,33)21-4-2-3-18(13-21)24(31)30-26-29-23(15-36-26)17-7-11-20(12-8-17)34-19-9-5-16(6-10-19)22-14-35-25(27)28-22/h2-15H,1H3,(H2,27,28)(H,29,30,31). The maximum absolute atomic E-state index is 12.6. The van der Waals surface area contributed by atoms with Crippen molar-refractivity contribution in [3.63, 3.8) is 0 Å². The zero-order chi connectivity index (χ0) is 26.0. The third-order valence-corrected chi connectivity index (χ3v) is 7.85. The van der Waals surface area contributed by atoms with E-state index in [-0.39, 0.29) is 10.5 Å². The molecule has 2 heterocycles. The number of hydrogen-bond acceptors (Lipinski definition) is 9. The van der Waals surface area contributed by atoms with Crippen LogP contribution in [0.5, 0.6) is 11.5 Å². The van der Waals surface area contributed by atoms with Crippen LogP contribution < -0.4 is 15.8 Å². The molecule has 0 spiro atoms. The normalized spacial score (nSPS) is 11.3. The highest BCUT2D eigenvalue weighted by Gasteiger charge is 2.14. The summed E-state index contributed by atoms with van der Waals surface area (Å²) in [5.41, 5.74) is 9.30. The van der Waals surface area contributed by atoms with Crippen molar-refractivity contribution in [3.05, 3.63) is 89.1 Å². The number of nitrogens with two attached hydrogens (primary N) is 1. The molecule has 0 saturated carbocycles. The van der Waals surface area contributed by atoms with Crippen LogP contribution in [0.1, 0.15) is 10.4 Å². The predicted molar refractivity (Wildman–Crippen MR) is 147 cm³/mol. The second kappa shape index (κ2) is 10.1. The van der Waals surface area contributed by atoms with E-state index in [1.165, 1.54) is 40.9 Å². The molecular formula is C26H20N4O4S3. The van der Waals surface area contributed by atoms with E-state index in [0.29, 0.717) is 27.5 Å². The van der Waals surface area contributed by atoms with E-state index in [1.807, 2.05) is 59.3 Å². The molecule has 0 bridgehead atoms. The van der Waals surface area contributed by atoms with Gasteiger partial charge in [0.25, 0.3) is 5.91 Å². The molecule has 0 aliphatic heterocycles. The number of benzene rings is 3. The maximum atomic E-state index is 12.6. The number of carbonyl (C=O) groups excluding carboxylic acids is 1. The predicted octanol–water partition coefficient (Wildman–Crippen LogP) is 5.96. The van der Waals surface area contributed by atoms with Crippen molar-refractivity contribution in [3.8, 4) is 34.0 Å². The van der Waals surface area contributed by atoms with Gasteiger partial charge < -0.3 is 10.5 Å². The minimum absolute atomic E-state index is 0.0860. The smallest absolute Gasteiger partial charge is 0.257 e. The Bertz CT molecular complexity index is 1680. The lowest BCUT2D eigenvalue weighted by molar-refractivity contribution is 0.102. The molecule has 5 rings (SSSR count). The summed E-state index contributed by atoms with van der Waals surface area (Å²) in [5.74, 6) is 0.932. The van der Waals surface area contributed by atoms with Crippen molar-refractivity contribution in [1.29, 1.82) is 0 Å². The third kappa shape index (κ3) is 5.85. The Morgan fingerprint density at radius 3 is 2.03 bits per heavy atom. The maximum Gasteiger partial charge on any atom is 0.257 e. The van der Waals surface area contributed by atoms with Crippen molar-refractivity contribution in [1.82, 2.24) is 9.97 Å². The Labute approximate surface area is 221 Å². The number of ether oxygens (including phenoxy) is 1. The van der Waals surface area contributed by atoms with Gasteiger partial charge in [-0.05, 0) is 66.7 Å². The van der Waals surface area contributed by atoms with E-state index in [0.717, 1.165) is 23.1 Å². The zero-order valence-corrected chi connectivity index (χ0v) is 21.9. The highest BCUT2D eigenvalue weighted by molar-refractivity contribution is 7.90. The molecule has 3 N–H and O–H groups in total. The molecule has 0 aliphatic carbocycles. The van der Waals surface area contributed by atoms with Gasteiger partial charge in [0.15, 0.2) is 20.1 Å². The van der Waals surface area contributed by atoms with E-state index in [2.05, 4.69) is 15.3 Å². The fourth-order valence-corrected chi connectivity index (χ4v) is 5.40. The molecule has 186 valence electrons. The van der Waals surface area contributed by atoms with Gasteiger partial charge in [-0.1, -0.05) is 6.07 Å². The molecule has 3 aromatic carbocycles. The molecule has 0 aliphatic rings. The number of nitrogens with zero attached hydrogens (tertiary/aromatic N) is 2. The van der Waals surface area contributed by atoms with Crippen LogP contribution >= 0.6 is 22.7 Å². The summed E-state index contributed by atoms with van der Waals surface area (Å²) in [6.45, 7) is 0. The fourth-order valence-electron chi connectivity index (χ4n) is 3.44. The Morgan fingerprint density at radius 1 is 0.865 bits per heavy atom. The lowest BCUT2D eigenvalue weighted by atomic mass is 10.1. The highest BCUT2D eigenvalue weighted by Crippen LogP contribution is 2.30. The first kappa shape index (κ1) is 24.6. The average Bonchev–Trinajstić information content (AvgIpc) is 3.54. The number of nitrogen functional groups attached to an aromatic ring is 1. The highest BCUT2D eigenvalue weighted by atomic mass is 32.2. The van der Waals surface area contributed by atoms with Crippen LogP contribution in [0, 0.1) is 0 Å². The van der Waals surface area contributed by atoms with Gasteiger partial charge in [0.05, 0.1) is 16.3 Å². The van der Waals surface area contributed by atoms with Gasteiger partial charge in [-0.3, -0.25) is 10.1 Å². The molecule has 11 heteroatoms. The van der Waals surface area contributed by atoms with Gasteiger partial charge in [0.1, 0.15) is 11.5 Å². The van der Waals surface area contributed by atoms with Gasteiger partial charge in [-0.15, -0.1) is 22.7 Å². The number of nitrogens with one attached hydrogen (secondary N) is 1. The molecule has 5 aromatic rings. The van der Waals surface area contributed by atoms with Crippen molar-refractivity contribution in [2.75, 3.05) is 17.3 Å². The Morgan fingerprint density at radius 2 is 1.46 bits per heavy atom. The van der Waals surface area contributed by atoms with Crippen molar-refractivity contribution in [2.45, 2.75) is 4.90 Å². The van der Waals surface area contributed by atoms with Gasteiger partial charge in [-0.2, -0.15) is 0 Å². The summed E-state index contributed by atoms with van der Waals surface area (Å²) in [6, 6.07) is 21.0. The number of aromatic nitrogens is 2. The molecule has 0 unspecified atom stereocenters. The number of carbonyl (C=O) groups is 1. The molecule has 8 nitrogen and oxygen atoms in total. The van der Waals surface area contributed by atoms with Crippen LogP contribution in [0.4, 0.5) is 10.3 Å². The summed E-state index contributed by atoms with van der Waals surface area (Å²) in [6.07, 6.45) is 1.10. The minimum Gasteiger partial charge on any atom is -0.457 e. The fraction of sp³-hybridized carbons (Fsp3) is 0.0385. The van der Waals surface area contributed by atoms with Crippen LogP contribution in [0.25, 0.3) is 22.5 Å². The van der Waals surface area contributed by atoms with Crippen molar-refractivity contribution in [2.24, 2.45) is 0 Å². The monoisotopic (exact) mass is 548 g/mol. The molecule has 37 heavy (non-hydrogen) atoms. The molecular weight excluding hydrogens is 529 g/mol. The van der Waals surface area contributed by atoms with Gasteiger partial charge in [-0.25, -0.2) is 18.4 Å². The number of amides is 1. The number of hydrogen-bond donors (Lipinski definition) is 2. The minimum atomic E-state index is -3.41. The molecule has 0 fully saturated rings.